The number of carbonyl (C=O) groups is 2. The van der Waals surface area contributed by atoms with E-state index in [2.05, 4.69) is 24.2 Å². The summed E-state index contributed by atoms with van der Waals surface area (Å²) in [6.07, 6.45) is 0.954. The number of amides is 2. The SMILES string of the molecule is CC1CN(C)CCC1NC(=O)N1C[C@@H](C)[C@H](C(=O)O)C1. The molecule has 2 N–H and O–H groups in total. The van der Waals surface area contributed by atoms with Crippen molar-refractivity contribution in [2.24, 2.45) is 17.8 Å². The fourth-order valence-corrected chi connectivity index (χ4v) is 3.27. The first-order valence-corrected chi connectivity index (χ1v) is 7.35. The van der Waals surface area contributed by atoms with E-state index >= 15 is 0 Å². The number of aliphatic carboxylic acids is 1. The number of nitrogens with zero attached hydrogens (tertiary/aromatic N) is 2. The van der Waals surface area contributed by atoms with Crippen LogP contribution in [0.5, 0.6) is 0 Å². The van der Waals surface area contributed by atoms with Gasteiger partial charge in [0.15, 0.2) is 0 Å². The van der Waals surface area contributed by atoms with Crippen molar-refractivity contribution in [2.45, 2.75) is 26.3 Å². The van der Waals surface area contributed by atoms with E-state index in [1.54, 1.807) is 4.90 Å². The number of urea groups is 1. The molecular formula is C14H25N3O3. The van der Waals surface area contributed by atoms with E-state index < -0.39 is 11.9 Å². The highest BCUT2D eigenvalue weighted by Gasteiger charge is 2.38. The molecule has 6 nitrogen and oxygen atoms in total. The summed E-state index contributed by atoms with van der Waals surface area (Å²) in [5.41, 5.74) is 0. The van der Waals surface area contributed by atoms with Crippen molar-refractivity contribution in [3.8, 4) is 0 Å². The molecule has 114 valence electrons. The van der Waals surface area contributed by atoms with E-state index in [-0.39, 0.29) is 18.0 Å². The molecule has 0 aromatic heterocycles. The van der Waals surface area contributed by atoms with Gasteiger partial charge in [0.2, 0.25) is 0 Å². The van der Waals surface area contributed by atoms with Gasteiger partial charge in [-0.2, -0.15) is 0 Å². The minimum absolute atomic E-state index is 0.0214. The molecule has 0 aliphatic carbocycles. The molecule has 2 aliphatic heterocycles. The van der Waals surface area contributed by atoms with Crippen LogP contribution in [-0.4, -0.2) is 66.2 Å². The molecule has 2 unspecified atom stereocenters. The molecule has 2 aliphatic rings. The number of carboxylic acids is 1. The Bertz CT molecular complexity index is 388. The summed E-state index contributed by atoms with van der Waals surface area (Å²) < 4.78 is 0. The van der Waals surface area contributed by atoms with Gasteiger partial charge in [0.25, 0.3) is 0 Å². The van der Waals surface area contributed by atoms with E-state index in [0.29, 0.717) is 19.0 Å². The van der Waals surface area contributed by atoms with Crippen LogP contribution in [0.1, 0.15) is 20.3 Å². The molecule has 4 atom stereocenters. The highest BCUT2D eigenvalue weighted by atomic mass is 16.4. The first-order chi connectivity index (χ1) is 9.38. The summed E-state index contributed by atoms with van der Waals surface area (Å²) in [5, 5.41) is 12.2. The zero-order valence-corrected chi connectivity index (χ0v) is 12.5. The van der Waals surface area contributed by atoms with Crippen LogP contribution in [0.25, 0.3) is 0 Å². The Morgan fingerprint density at radius 1 is 1.15 bits per heavy atom. The van der Waals surface area contributed by atoms with Crippen molar-refractivity contribution in [2.75, 3.05) is 33.2 Å². The maximum Gasteiger partial charge on any atom is 0.317 e. The van der Waals surface area contributed by atoms with Crippen LogP contribution >= 0.6 is 0 Å². The van der Waals surface area contributed by atoms with E-state index in [1.807, 2.05) is 6.92 Å². The zero-order valence-electron chi connectivity index (χ0n) is 12.5. The Morgan fingerprint density at radius 2 is 1.85 bits per heavy atom. The lowest BCUT2D eigenvalue weighted by atomic mass is 9.94. The molecule has 2 saturated heterocycles. The second kappa shape index (κ2) is 5.99. The van der Waals surface area contributed by atoms with Gasteiger partial charge in [0, 0.05) is 25.7 Å². The lowest BCUT2D eigenvalue weighted by Gasteiger charge is -2.36. The van der Waals surface area contributed by atoms with Gasteiger partial charge in [-0.05, 0) is 31.8 Å². The quantitative estimate of drug-likeness (QED) is 0.782. The van der Waals surface area contributed by atoms with Crippen LogP contribution in [0.3, 0.4) is 0 Å². The maximum atomic E-state index is 12.3. The Hall–Kier alpha value is -1.30. The molecule has 0 radical (unpaired) electrons. The standard InChI is InChI=1S/C14H25N3O3/c1-9-7-17(8-11(9)13(18)19)14(20)15-12-4-5-16(3)6-10(12)2/h9-12H,4-8H2,1-3H3,(H,15,20)(H,18,19)/t9-,10?,11-,12?/m1/s1. The highest BCUT2D eigenvalue weighted by molar-refractivity contribution is 5.77. The third-order valence-corrected chi connectivity index (χ3v) is 4.63. The number of hydrogen-bond donors (Lipinski definition) is 2. The summed E-state index contributed by atoms with van der Waals surface area (Å²) >= 11 is 0. The van der Waals surface area contributed by atoms with Crippen molar-refractivity contribution in [1.82, 2.24) is 15.1 Å². The molecule has 2 amide bonds. The van der Waals surface area contributed by atoms with Gasteiger partial charge in [-0.25, -0.2) is 4.79 Å². The lowest BCUT2D eigenvalue weighted by Crippen LogP contribution is -2.52. The van der Waals surface area contributed by atoms with Gasteiger partial charge in [-0.15, -0.1) is 0 Å². The van der Waals surface area contributed by atoms with Crippen LogP contribution in [0.15, 0.2) is 0 Å². The monoisotopic (exact) mass is 283 g/mol. The number of rotatable bonds is 2. The van der Waals surface area contributed by atoms with Crippen LogP contribution in [0.2, 0.25) is 0 Å². The summed E-state index contributed by atoms with van der Waals surface area (Å²) in [5.74, 6) is -0.794. The molecular weight excluding hydrogens is 258 g/mol. The Kier molecular flexibility index (Phi) is 4.52. The second-order valence-electron chi connectivity index (χ2n) is 6.41. The predicted octanol–water partition coefficient (Wildman–Crippen LogP) is 0.689. The third kappa shape index (κ3) is 3.23. The van der Waals surface area contributed by atoms with Crippen LogP contribution < -0.4 is 5.32 Å². The topological polar surface area (TPSA) is 72.9 Å². The van der Waals surface area contributed by atoms with Gasteiger partial charge in [-0.1, -0.05) is 13.8 Å². The maximum absolute atomic E-state index is 12.3. The largest absolute Gasteiger partial charge is 0.481 e. The Labute approximate surface area is 120 Å². The minimum Gasteiger partial charge on any atom is -0.481 e. The highest BCUT2D eigenvalue weighted by Crippen LogP contribution is 2.24. The molecule has 2 fully saturated rings. The van der Waals surface area contributed by atoms with Gasteiger partial charge in [0.05, 0.1) is 5.92 Å². The molecule has 0 aromatic carbocycles. The fourth-order valence-electron chi connectivity index (χ4n) is 3.27. The Balaban J connectivity index is 1.88. The van der Waals surface area contributed by atoms with Crippen LogP contribution in [-0.2, 0) is 4.79 Å². The zero-order chi connectivity index (χ0) is 14.9. The van der Waals surface area contributed by atoms with Crippen molar-refractivity contribution >= 4 is 12.0 Å². The summed E-state index contributed by atoms with van der Waals surface area (Å²) in [7, 11) is 2.09. The number of nitrogens with one attached hydrogen (secondary N) is 1. The first-order valence-electron chi connectivity index (χ1n) is 7.35. The molecule has 0 saturated carbocycles. The van der Waals surface area contributed by atoms with E-state index in [0.717, 1.165) is 19.5 Å². The van der Waals surface area contributed by atoms with Gasteiger partial charge >= 0.3 is 12.0 Å². The van der Waals surface area contributed by atoms with Crippen LogP contribution in [0, 0.1) is 17.8 Å². The molecule has 2 rings (SSSR count). The molecule has 0 bridgehead atoms. The van der Waals surface area contributed by atoms with Gasteiger partial charge in [-0.3, -0.25) is 4.79 Å². The number of carboxylic acid groups (broad SMARTS) is 1. The number of carbonyl (C=O) groups excluding carboxylic acids is 1. The average Bonchev–Trinajstić information content (AvgIpc) is 2.75. The van der Waals surface area contributed by atoms with Crippen molar-refractivity contribution in [1.29, 1.82) is 0 Å². The van der Waals surface area contributed by atoms with Gasteiger partial charge < -0.3 is 20.2 Å². The van der Waals surface area contributed by atoms with Crippen molar-refractivity contribution in [3.63, 3.8) is 0 Å². The molecule has 2 heterocycles. The average molecular weight is 283 g/mol. The molecule has 20 heavy (non-hydrogen) atoms. The molecule has 6 heteroatoms. The van der Waals surface area contributed by atoms with Crippen LogP contribution in [0.4, 0.5) is 4.79 Å². The van der Waals surface area contributed by atoms with E-state index in [1.165, 1.54) is 0 Å². The number of hydrogen-bond acceptors (Lipinski definition) is 3. The van der Waals surface area contributed by atoms with E-state index in [9.17, 15) is 9.59 Å². The molecule has 0 spiro atoms. The molecule has 0 aromatic rings. The summed E-state index contributed by atoms with van der Waals surface area (Å²) in [6, 6.07) is 0.0832. The first kappa shape index (κ1) is 15.1. The normalized spacial score (nSPS) is 35.0. The lowest BCUT2D eigenvalue weighted by molar-refractivity contribution is -0.142. The van der Waals surface area contributed by atoms with Crippen molar-refractivity contribution in [3.05, 3.63) is 0 Å². The second-order valence-corrected chi connectivity index (χ2v) is 6.41. The number of piperidine rings is 1. The summed E-state index contributed by atoms with van der Waals surface area (Å²) in [6.45, 7) is 6.87. The predicted molar refractivity (Wildman–Crippen MR) is 75.5 cm³/mol. The Morgan fingerprint density at radius 3 is 2.40 bits per heavy atom. The number of likely N-dealkylation sites (tertiary alicyclic amines) is 2. The summed E-state index contributed by atoms with van der Waals surface area (Å²) in [4.78, 5) is 27.3. The van der Waals surface area contributed by atoms with Crippen molar-refractivity contribution < 1.29 is 14.7 Å². The third-order valence-electron chi connectivity index (χ3n) is 4.63. The van der Waals surface area contributed by atoms with Gasteiger partial charge in [0.1, 0.15) is 0 Å². The fraction of sp³-hybridized carbons (Fsp3) is 0.857. The minimum atomic E-state index is -0.805. The smallest absolute Gasteiger partial charge is 0.317 e. The van der Waals surface area contributed by atoms with E-state index in [4.69, 9.17) is 5.11 Å².